The molecule has 2 N–H and O–H groups in total. The van der Waals surface area contributed by atoms with Crippen LogP contribution in [0.1, 0.15) is 12.5 Å². The number of halogens is 1. The van der Waals surface area contributed by atoms with Crippen LogP contribution in [0.5, 0.6) is 11.5 Å². The first-order valence-corrected chi connectivity index (χ1v) is 4.81. The fraction of sp³-hybridized carbons (Fsp3) is 0.222. The maximum absolute atomic E-state index is 9.54. The highest BCUT2D eigenvalue weighted by Crippen LogP contribution is 2.34. The monoisotopic (exact) mass is 259 g/mol. The van der Waals surface area contributed by atoms with Crippen LogP contribution in [0, 0.1) is 0 Å². The molecule has 0 aliphatic carbocycles. The van der Waals surface area contributed by atoms with E-state index in [1.165, 1.54) is 6.21 Å². The minimum atomic E-state index is 0.0435. The van der Waals surface area contributed by atoms with Crippen LogP contribution in [0.25, 0.3) is 0 Å². The lowest BCUT2D eigenvalue weighted by molar-refractivity contribution is 0.316. The number of hydrogen-bond donors (Lipinski definition) is 2. The number of ether oxygens (including phenoxy) is 1. The first-order chi connectivity index (χ1) is 6.69. The summed E-state index contributed by atoms with van der Waals surface area (Å²) in [6.45, 7) is 2.28. The van der Waals surface area contributed by atoms with Gasteiger partial charge in [0.05, 0.1) is 17.3 Å². The molecule has 1 aromatic carbocycles. The lowest BCUT2D eigenvalue weighted by Crippen LogP contribution is -1.94. The highest BCUT2D eigenvalue weighted by Gasteiger charge is 2.07. The Morgan fingerprint density at radius 2 is 2.29 bits per heavy atom. The number of phenols is 1. The molecular formula is C9H10BrNO3. The SMILES string of the molecule is CCOc1cc(/C=N\O)cc(Br)c1O. The highest BCUT2D eigenvalue weighted by molar-refractivity contribution is 9.10. The Labute approximate surface area is 89.9 Å². The third-order valence-electron chi connectivity index (χ3n) is 1.56. The molecule has 0 heterocycles. The zero-order chi connectivity index (χ0) is 10.6. The summed E-state index contributed by atoms with van der Waals surface area (Å²) in [5, 5.41) is 20.8. The van der Waals surface area contributed by atoms with Gasteiger partial charge in [-0.15, -0.1) is 0 Å². The molecule has 0 bridgehead atoms. The van der Waals surface area contributed by atoms with E-state index in [0.29, 0.717) is 22.4 Å². The van der Waals surface area contributed by atoms with Crippen LogP contribution < -0.4 is 4.74 Å². The van der Waals surface area contributed by atoms with E-state index in [9.17, 15) is 5.11 Å². The molecule has 0 saturated carbocycles. The number of aromatic hydroxyl groups is 1. The maximum atomic E-state index is 9.54. The van der Waals surface area contributed by atoms with Crippen LogP contribution in [0.3, 0.4) is 0 Å². The second-order valence-electron chi connectivity index (χ2n) is 2.53. The molecule has 0 spiro atoms. The van der Waals surface area contributed by atoms with Crippen molar-refractivity contribution in [3.8, 4) is 11.5 Å². The van der Waals surface area contributed by atoms with E-state index in [1.807, 2.05) is 6.92 Å². The lowest BCUT2D eigenvalue weighted by atomic mass is 10.2. The van der Waals surface area contributed by atoms with Crippen LogP contribution in [-0.4, -0.2) is 23.1 Å². The van der Waals surface area contributed by atoms with Gasteiger partial charge in [-0.2, -0.15) is 0 Å². The highest BCUT2D eigenvalue weighted by atomic mass is 79.9. The third-order valence-corrected chi connectivity index (χ3v) is 2.16. The van der Waals surface area contributed by atoms with Crippen molar-refractivity contribution < 1.29 is 15.1 Å². The van der Waals surface area contributed by atoms with Gasteiger partial charge < -0.3 is 15.1 Å². The number of hydrogen-bond acceptors (Lipinski definition) is 4. The molecule has 0 atom stereocenters. The molecule has 14 heavy (non-hydrogen) atoms. The number of rotatable bonds is 3. The minimum Gasteiger partial charge on any atom is -0.503 e. The topological polar surface area (TPSA) is 62.0 Å². The second-order valence-corrected chi connectivity index (χ2v) is 3.38. The van der Waals surface area contributed by atoms with Crippen molar-refractivity contribution in [1.82, 2.24) is 0 Å². The Hall–Kier alpha value is -1.23. The Morgan fingerprint density at radius 3 is 2.86 bits per heavy atom. The van der Waals surface area contributed by atoms with Crippen molar-refractivity contribution in [1.29, 1.82) is 0 Å². The molecule has 76 valence electrons. The van der Waals surface area contributed by atoms with Gasteiger partial charge in [0.15, 0.2) is 11.5 Å². The van der Waals surface area contributed by atoms with E-state index in [1.54, 1.807) is 12.1 Å². The lowest BCUT2D eigenvalue weighted by Gasteiger charge is -2.07. The fourth-order valence-corrected chi connectivity index (χ4v) is 1.46. The summed E-state index contributed by atoms with van der Waals surface area (Å²) in [6.07, 6.45) is 1.26. The van der Waals surface area contributed by atoms with Gasteiger partial charge in [-0.3, -0.25) is 0 Å². The molecule has 1 aromatic rings. The largest absolute Gasteiger partial charge is 0.503 e. The molecule has 0 saturated heterocycles. The van der Waals surface area contributed by atoms with Gasteiger partial charge in [0.2, 0.25) is 0 Å². The van der Waals surface area contributed by atoms with E-state index in [2.05, 4.69) is 21.1 Å². The van der Waals surface area contributed by atoms with Gasteiger partial charge in [0.1, 0.15) is 0 Å². The summed E-state index contributed by atoms with van der Waals surface area (Å²) in [5.41, 5.74) is 0.639. The van der Waals surface area contributed by atoms with Crippen molar-refractivity contribution in [3.05, 3.63) is 22.2 Å². The smallest absolute Gasteiger partial charge is 0.172 e. The first-order valence-electron chi connectivity index (χ1n) is 4.01. The summed E-state index contributed by atoms with van der Waals surface area (Å²) < 4.78 is 5.68. The van der Waals surface area contributed by atoms with E-state index < -0.39 is 0 Å². The number of phenolic OH excluding ortho intramolecular Hbond substituents is 1. The number of benzene rings is 1. The minimum absolute atomic E-state index is 0.0435. The number of oxime groups is 1. The fourth-order valence-electron chi connectivity index (χ4n) is 1.00. The summed E-state index contributed by atoms with van der Waals surface area (Å²) >= 11 is 3.16. The summed E-state index contributed by atoms with van der Waals surface area (Å²) in [6, 6.07) is 3.21. The summed E-state index contributed by atoms with van der Waals surface area (Å²) in [5.74, 6) is 0.402. The second kappa shape index (κ2) is 4.85. The van der Waals surface area contributed by atoms with Gasteiger partial charge >= 0.3 is 0 Å². The van der Waals surface area contributed by atoms with Crippen molar-refractivity contribution in [2.75, 3.05) is 6.61 Å². The molecule has 0 aromatic heterocycles. The summed E-state index contributed by atoms with van der Waals surface area (Å²) in [7, 11) is 0. The van der Waals surface area contributed by atoms with E-state index >= 15 is 0 Å². The first kappa shape index (κ1) is 10.8. The Morgan fingerprint density at radius 1 is 1.57 bits per heavy atom. The quantitative estimate of drug-likeness (QED) is 0.498. The average Bonchev–Trinajstić information content (AvgIpc) is 2.14. The van der Waals surface area contributed by atoms with Crippen LogP contribution in [-0.2, 0) is 0 Å². The van der Waals surface area contributed by atoms with Crippen LogP contribution in [0.2, 0.25) is 0 Å². The maximum Gasteiger partial charge on any atom is 0.172 e. The predicted molar refractivity (Wildman–Crippen MR) is 56.4 cm³/mol. The van der Waals surface area contributed by atoms with E-state index in [4.69, 9.17) is 9.94 Å². The van der Waals surface area contributed by atoms with Crippen molar-refractivity contribution >= 4 is 22.1 Å². The van der Waals surface area contributed by atoms with Gasteiger partial charge in [-0.1, -0.05) is 5.16 Å². The standard InChI is InChI=1S/C9H10BrNO3/c1-2-14-8-4-6(5-11-13)3-7(10)9(8)12/h3-5,12-13H,2H2,1H3/b11-5-. The molecule has 5 heteroatoms. The normalized spacial score (nSPS) is 10.7. The van der Waals surface area contributed by atoms with Crippen LogP contribution >= 0.6 is 15.9 Å². The molecule has 1 rings (SSSR count). The molecule has 0 fully saturated rings. The van der Waals surface area contributed by atoms with Gasteiger partial charge in [-0.25, -0.2) is 0 Å². The average molecular weight is 260 g/mol. The molecule has 4 nitrogen and oxygen atoms in total. The Kier molecular flexibility index (Phi) is 3.76. The van der Waals surface area contributed by atoms with E-state index in [-0.39, 0.29) is 5.75 Å². The Balaban J connectivity index is 3.13. The molecular weight excluding hydrogens is 250 g/mol. The van der Waals surface area contributed by atoms with Gasteiger partial charge in [0.25, 0.3) is 0 Å². The molecule has 0 unspecified atom stereocenters. The van der Waals surface area contributed by atoms with Gasteiger partial charge in [0, 0.05) is 5.56 Å². The van der Waals surface area contributed by atoms with Crippen LogP contribution in [0.15, 0.2) is 21.8 Å². The van der Waals surface area contributed by atoms with Crippen molar-refractivity contribution in [3.63, 3.8) is 0 Å². The zero-order valence-electron chi connectivity index (χ0n) is 7.57. The Bertz CT molecular complexity index is 352. The molecule has 0 aliphatic rings. The van der Waals surface area contributed by atoms with Crippen molar-refractivity contribution in [2.24, 2.45) is 5.16 Å². The van der Waals surface area contributed by atoms with Crippen molar-refractivity contribution in [2.45, 2.75) is 6.92 Å². The van der Waals surface area contributed by atoms with Gasteiger partial charge in [-0.05, 0) is 35.0 Å². The summed E-state index contributed by atoms with van der Waals surface area (Å²) in [4.78, 5) is 0. The molecule has 0 aliphatic heterocycles. The third kappa shape index (κ3) is 2.38. The van der Waals surface area contributed by atoms with Crippen LogP contribution in [0.4, 0.5) is 0 Å². The predicted octanol–water partition coefficient (Wildman–Crippen LogP) is 2.36. The molecule has 0 amide bonds. The number of nitrogens with zero attached hydrogens (tertiary/aromatic N) is 1. The zero-order valence-corrected chi connectivity index (χ0v) is 9.15. The van der Waals surface area contributed by atoms with E-state index in [0.717, 1.165) is 0 Å². The molecule has 0 radical (unpaired) electrons.